The first-order valence-electron chi connectivity index (χ1n) is 6.30. The molecule has 0 saturated heterocycles. The van der Waals surface area contributed by atoms with Crippen LogP contribution in [0.2, 0.25) is 10.0 Å². The number of nitrogens with two attached hydrogens (primary N) is 1. The first-order valence-corrected chi connectivity index (χ1v) is 7.06. The molecule has 0 aliphatic rings. The van der Waals surface area contributed by atoms with Crippen molar-refractivity contribution in [3.63, 3.8) is 0 Å². The second-order valence-corrected chi connectivity index (χ2v) is 5.53. The molecule has 0 amide bonds. The Morgan fingerprint density at radius 2 is 1.70 bits per heavy atom. The minimum atomic E-state index is -0.349. The second kappa shape index (κ2) is 6.40. The van der Waals surface area contributed by atoms with Crippen molar-refractivity contribution < 1.29 is 4.79 Å². The summed E-state index contributed by atoms with van der Waals surface area (Å²) in [6.45, 7) is 1.82. The van der Waals surface area contributed by atoms with Gasteiger partial charge in [0.05, 0.1) is 10.0 Å². The van der Waals surface area contributed by atoms with Crippen molar-refractivity contribution >= 4 is 29.0 Å². The third-order valence-electron chi connectivity index (χ3n) is 3.34. The van der Waals surface area contributed by atoms with Crippen LogP contribution in [0, 0.1) is 5.92 Å². The molecule has 0 heterocycles. The van der Waals surface area contributed by atoms with Gasteiger partial charge in [0.15, 0.2) is 5.78 Å². The number of halogens is 2. The van der Waals surface area contributed by atoms with E-state index in [1.165, 1.54) is 0 Å². The topological polar surface area (TPSA) is 43.1 Å². The molecule has 0 spiro atoms. The molecule has 2 aromatic carbocycles. The summed E-state index contributed by atoms with van der Waals surface area (Å²) in [7, 11) is 0. The van der Waals surface area contributed by atoms with Crippen molar-refractivity contribution in [3.05, 3.63) is 69.7 Å². The summed E-state index contributed by atoms with van der Waals surface area (Å²) in [4.78, 5) is 12.4. The average Bonchev–Trinajstić information content (AvgIpc) is 2.48. The molecule has 2 atom stereocenters. The highest BCUT2D eigenvalue weighted by Crippen LogP contribution is 2.27. The highest BCUT2D eigenvalue weighted by Gasteiger charge is 2.23. The van der Waals surface area contributed by atoms with E-state index in [1.807, 2.05) is 37.3 Å². The third-order valence-corrected chi connectivity index (χ3v) is 4.08. The van der Waals surface area contributed by atoms with Gasteiger partial charge in [-0.15, -0.1) is 0 Å². The number of benzene rings is 2. The van der Waals surface area contributed by atoms with E-state index in [-0.39, 0.29) is 17.7 Å². The first kappa shape index (κ1) is 15.0. The summed E-state index contributed by atoms with van der Waals surface area (Å²) in [5.41, 5.74) is 7.63. The summed E-state index contributed by atoms with van der Waals surface area (Å²) >= 11 is 11.8. The van der Waals surface area contributed by atoms with Crippen molar-refractivity contribution in [1.29, 1.82) is 0 Å². The van der Waals surface area contributed by atoms with Gasteiger partial charge >= 0.3 is 0 Å². The Balaban J connectivity index is 2.22. The van der Waals surface area contributed by atoms with Gasteiger partial charge in [-0.05, 0) is 23.8 Å². The van der Waals surface area contributed by atoms with E-state index in [4.69, 9.17) is 28.9 Å². The van der Waals surface area contributed by atoms with Crippen LogP contribution in [0.25, 0.3) is 0 Å². The molecule has 2 unspecified atom stereocenters. The van der Waals surface area contributed by atoms with Crippen LogP contribution in [0.5, 0.6) is 0 Å². The second-order valence-electron chi connectivity index (χ2n) is 4.72. The maximum atomic E-state index is 12.4. The van der Waals surface area contributed by atoms with Gasteiger partial charge in [0.2, 0.25) is 0 Å². The summed E-state index contributed by atoms with van der Waals surface area (Å²) < 4.78 is 0. The summed E-state index contributed by atoms with van der Waals surface area (Å²) in [6, 6.07) is 14.1. The number of hydrogen-bond acceptors (Lipinski definition) is 2. The third kappa shape index (κ3) is 3.21. The predicted octanol–water partition coefficient (Wildman–Crippen LogP) is 4.51. The van der Waals surface area contributed by atoms with Gasteiger partial charge < -0.3 is 5.73 Å². The molecule has 0 aliphatic carbocycles. The Bertz CT molecular complexity index is 613. The minimum Gasteiger partial charge on any atom is -0.323 e. The Kier molecular flexibility index (Phi) is 4.81. The zero-order valence-corrected chi connectivity index (χ0v) is 12.5. The highest BCUT2D eigenvalue weighted by atomic mass is 35.5. The fourth-order valence-electron chi connectivity index (χ4n) is 2.04. The van der Waals surface area contributed by atoms with Gasteiger partial charge in [-0.1, -0.05) is 60.5 Å². The lowest BCUT2D eigenvalue weighted by molar-refractivity contribution is 0.0913. The van der Waals surface area contributed by atoms with E-state index in [9.17, 15) is 4.79 Å². The Morgan fingerprint density at radius 3 is 2.30 bits per heavy atom. The Hall–Kier alpha value is -1.35. The average molecular weight is 308 g/mol. The fraction of sp³-hybridized carbons (Fsp3) is 0.188. The number of Topliss-reactive ketones (excluding diaryl/α,β-unsaturated/α-hetero) is 1. The quantitative estimate of drug-likeness (QED) is 0.844. The zero-order valence-electron chi connectivity index (χ0n) is 11.0. The smallest absolute Gasteiger partial charge is 0.167 e. The molecule has 2 aromatic rings. The molecule has 0 radical (unpaired) electrons. The molecule has 2 nitrogen and oxygen atoms in total. The van der Waals surface area contributed by atoms with Gasteiger partial charge in [-0.2, -0.15) is 0 Å². The minimum absolute atomic E-state index is 0.0417. The molecular weight excluding hydrogens is 293 g/mol. The van der Waals surface area contributed by atoms with E-state index in [1.54, 1.807) is 18.2 Å². The van der Waals surface area contributed by atoms with E-state index in [0.717, 1.165) is 5.56 Å². The molecule has 2 rings (SSSR count). The van der Waals surface area contributed by atoms with Crippen LogP contribution < -0.4 is 5.73 Å². The van der Waals surface area contributed by atoms with Crippen LogP contribution in [0.15, 0.2) is 48.5 Å². The number of carbonyl (C=O) groups excluding carboxylic acids is 1. The van der Waals surface area contributed by atoms with Crippen LogP contribution in [-0.4, -0.2) is 5.78 Å². The van der Waals surface area contributed by atoms with E-state index in [0.29, 0.717) is 15.6 Å². The van der Waals surface area contributed by atoms with Gasteiger partial charge in [0.25, 0.3) is 0 Å². The van der Waals surface area contributed by atoms with Crippen LogP contribution in [0.4, 0.5) is 0 Å². The largest absolute Gasteiger partial charge is 0.323 e. The van der Waals surface area contributed by atoms with Gasteiger partial charge in [0, 0.05) is 17.5 Å². The molecule has 4 heteroatoms. The number of carbonyl (C=O) groups is 1. The van der Waals surface area contributed by atoms with Crippen LogP contribution in [0.1, 0.15) is 28.9 Å². The van der Waals surface area contributed by atoms with Gasteiger partial charge in [-0.25, -0.2) is 0 Å². The zero-order chi connectivity index (χ0) is 14.7. The summed E-state index contributed by atoms with van der Waals surface area (Å²) in [6.07, 6.45) is 0. The maximum Gasteiger partial charge on any atom is 0.167 e. The summed E-state index contributed by atoms with van der Waals surface area (Å²) in [5.74, 6) is -0.380. The SMILES string of the molecule is CC(C(=O)c1ccc(Cl)c(Cl)c1)C(N)c1ccccc1. The molecular formula is C16H15Cl2NO. The van der Waals surface area contributed by atoms with Crippen molar-refractivity contribution in [1.82, 2.24) is 0 Å². The molecule has 0 fully saturated rings. The normalized spacial score (nSPS) is 13.8. The summed E-state index contributed by atoms with van der Waals surface area (Å²) in [5, 5.41) is 0.807. The maximum absolute atomic E-state index is 12.4. The molecule has 0 aliphatic heterocycles. The molecule has 20 heavy (non-hydrogen) atoms. The predicted molar refractivity (Wildman–Crippen MR) is 83.3 cm³/mol. The van der Waals surface area contributed by atoms with E-state index < -0.39 is 0 Å². The number of hydrogen-bond donors (Lipinski definition) is 1. The highest BCUT2D eigenvalue weighted by molar-refractivity contribution is 6.42. The Labute approximate surface area is 128 Å². The standard InChI is InChI=1S/C16H15Cl2NO/c1-10(15(19)11-5-3-2-4-6-11)16(20)12-7-8-13(17)14(18)9-12/h2-10,15H,19H2,1H3. The van der Waals surface area contributed by atoms with Crippen molar-refractivity contribution in [2.45, 2.75) is 13.0 Å². The molecule has 2 N–H and O–H groups in total. The van der Waals surface area contributed by atoms with Gasteiger partial charge in [-0.3, -0.25) is 4.79 Å². The Morgan fingerprint density at radius 1 is 1.05 bits per heavy atom. The first-order chi connectivity index (χ1) is 9.50. The molecule has 0 bridgehead atoms. The van der Waals surface area contributed by atoms with Gasteiger partial charge in [0.1, 0.15) is 0 Å². The molecule has 0 saturated carbocycles. The lowest BCUT2D eigenvalue weighted by Gasteiger charge is -2.19. The van der Waals surface area contributed by atoms with Crippen LogP contribution in [0.3, 0.4) is 0 Å². The molecule has 104 valence electrons. The van der Waals surface area contributed by atoms with E-state index in [2.05, 4.69) is 0 Å². The fourth-order valence-corrected chi connectivity index (χ4v) is 2.34. The van der Waals surface area contributed by atoms with E-state index >= 15 is 0 Å². The number of rotatable bonds is 4. The monoisotopic (exact) mass is 307 g/mol. The van der Waals surface area contributed by atoms with Crippen LogP contribution in [-0.2, 0) is 0 Å². The van der Waals surface area contributed by atoms with Crippen molar-refractivity contribution in [2.24, 2.45) is 11.7 Å². The number of ketones is 1. The lowest BCUT2D eigenvalue weighted by atomic mass is 9.89. The van der Waals surface area contributed by atoms with Crippen molar-refractivity contribution in [2.75, 3.05) is 0 Å². The lowest BCUT2D eigenvalue weighted by Crippen LogP contribution is -2.26. The molecule has 0 aromatic heterocycles. The van der Waals surface area contributed by atoms with Crippen LogP contribution >= 0.6 is 23.2 Å². The van der Waals surface area contributed by atoms with Crippen molar-refractivity contribution in [3.8, 4) is 0 Å².